The zero-order chi connectivity index (χ0) is 36.4. The van der Waals surface area contributed by atoms with Crippen LogP contribution in [-0.4, -0.2) is 9.97 Å². The maximum Gasteiger partial charge on any atom is 0.0280 e. The molecule has 2 heterocycles. The number of hydrogen-bond donors (Lipinski definition) is 0. The minimum Gasteiger partial charge on any atom is -0.305 e. The van der Waals surface area contributed by atoms with Crippen molar-refractivity contribution in [3.05, 3.63) is 156 Å². The first-order valence-electron chi connectivity index (χ1n) is 18.0. The average Bonchev–Trinajstić information content (AvgIpc) is 3.10. The van der Waals surface area contributed by atoms with E-state index < -0.39 is 13.7 Å². The maximum atomic E-state index is 7.28. The van der Waals surface area contributed by atoms with E-state index in [9.17, 15) is 0 Å². The Morgan fingerprint density at radius 3 is 2.15 bits per heavy atom. The smallest absolute Gasteiger partial charge is 0.0280 e. The van der Waals surface area contributed by atoms with Gasteiger partial charge in [-0.3, -0.25) is 0 Å². The molecule has 231 valence electrons. The van der Waals surface area contributed by atoms with E-state index >= 15 is 0 Å². The SMILES string of the molecule is CC(C)(C)Cc1ccnc(-c2[c-]ccc(-c3cc4ccccc4c4ccccc34)c2)c1.[2H]C([2H])([2H])c1c[c-]c(-c2ccc(C([2H])([2H])[2H])cn2)cc1.[Ir]. The molecule has 1 radical (unpaired) electrons. The normalized spacial score (nSPS) is 13.5. The molecule has 0 aliphatic heterocycles. The van der Waals surface area contributed by atoms with Gasteiger partial charge in [0.2, 0.25) is 0 Å². The molecule has 7 rings (SSSR count). The molecule has 0 N–H and O–H groups in total. The number of aromatic nitrogens is 2. The van der Waals surface area contributed by atoms with Gasteiger partial charge in [0.05, 0.1) is 0 Å². The summed E-state index contributed by atoms with van der Waals surface area (Å²) in [6.07, 6.45) is 4.24. The summed E-state index contributed by atoms with van der Waals surface area (Å²) < 4.78 is 43.6. The van der Waals surface area contributed by atoms with E-state index in [4.69, 9.17) is 8.22 Å². The molecule has 0 saturated heterocycles. The van der Waals surface area contributed by atoms with E-state index in [0.29, 0.717) is 11.3 Å². The molecule has 46 heavy (non-hydrogen) atoms. The van der Waals surface area contributed by atoms with Gasteiger partial charge in [-0.15, -0.1) is 70.8 Å². The van der Waals surface area contributed by atoms with Crippen molar-refractivity contribution >= 4 is 21.5 Å². The van der Waals surface area contributed by atoms with Crippen LogP contribution in [0.5, 0.6) is 0 Å². The largest absolute Gasteiger partial charge is 0.305 e. The van der Waals surface area contributed by atoms with Gasteiger partial charge < -0.3 is 9.97 Å². The fourth-order valence-corrected chi connectivity index (χ4v) is 5.56. The second kappa shape index (κ2) is 14.3. The van der Waals surface area contributed by atoms with Crippen LogP contribution in [0.25, 0.3) is 55.2 Å². The summed E-state index contributed by atoms with van der Waals surface area (Å²) in [6.45, 7) is 2.47. The van der Waals surface area contributed by atoms with Crippen LogP contribution in [0.2, 0.25) is 0 Å². The fourth-order valence-electron chi connectivity index (χ4n) is 5.56. The zero-order valence-electron chi connectivity index (χ0n) is 32.1. The van der Waals surface area contributed by atoms with E-state index in [1.165, 1.54) is 62.6 Å². The third kappa shape index (κ3) is 7.85. The maximum absolute atomic E-state index is 7.28. The summed E-state index contributed by atoms with van der Waals surface area (Å²) in [5, 5.41) is 5.11. The van der Waals surface area contributed by atoms with Crippen LogP contribution in [0.4, 0.5) is 0 Å². The predicted molar refractivity (Wildman–Crippen MR) is 190 cm³/mol. The predicted octanol–water partition coefficient (Wildman–Crippen LogP) is 11.3. The number of fused-ring (bicyclic) bond motifs is 3. The van der Waals surface area contributed by atoms with Crippen LogP contribution in [0.3, 0.4) is 0 Å². The quantitative estimate of drug-likeness (QED) is 0.131. The van der Waals surface area contributed by atoms with E-state index in [2.05, 4.69) is 122 Å². The van der Waals surface area contributed by atoms with Crippen LogP contribution in [0.15, 0.2) is 128 Å². The summed E-state index contributed by atoms with van der Waals surface area (Å²) in [7, 11) is 0. The molecular weight excluding hydrogens is 737 g/mol. The van der Waals surface area contributed by atoms with Crippen LogP contribution in [0.1, 0.15) is 45.7 Å². The number of nitrogens with zero attached hydrogens (tertiary/aromatic N) is 2. The van der Waals surface area contributed by atoms with Gasteiger partial charge >= 0.3 is 0 Å². The number of benzene rings is 5. The van der Waals surface area contributed by atoms with Crippen molar-refractivity contribution in [1.82, 2.24) is 9.97 Å². The van der Waals surface area contributed by atoms with Crippen molar-refractivity contribution in [2.45, 2.75) is 40.9 Å². The molecule has 0 spiro atoms. The molecule has 5 aromatic carbocycles. The van der Waals surface area contributed by atoms with Crippen LogP contribution in [0, 0.1) is 31.3 Å². The number of hydrogen-bond acceptors (Lipinski definition) is 2. The molecular formula is C43H38IrN2-2. The van der Waals surface area contributed by atoms with E-state index in [-0.39, 0.29) is 36.6 Å². The summed E-state index contributed by atoms with van der Waals surface area (Å²) in [6, 6.07) is 44.2. The Hall–Kier alpha value is -4.43. The van der Waals surface area contributed by atoms with Crippen molar-refractivity contribution < 1.29 is 28.3 Å². The fraction of sp³-hybridized carbons (Fsp3) is 0.163. The standard InChI is InChI=1S/C30H26N.C13H12N.Ir/c1-30(2,3)20-21-15-16-31-29(17-21)24-11-8-10-22(18-24)28-19-23-9-4-5-12-25(23)26-13-6-7-14-27(26)28;1-10-3-6-12(7-4-10)13-8-5-11(2)9-14-13;/h4-10,12-19H,20H2,1-3H3;3-6,8-9H,1-2H3;/q2*-1;/i;1D3,2D3;. The average molecular weight is 781 g/mol. The Bertz CT molecular complexity index is 2230. The van der Waals surface area contributed by atoms with Gasteiger partial charge in [-0.25, -0.2) is 0 Å². The summed E-state index contributed by atoms with van der Waals surface area (Å²) >= 11 is 0. The Labute approximate surface area is 295 Å². The number of aryl methyl sites for hydroxylation is 2. The molecule has 2 aromatic heterocycles. The summed E-state index contributed by atoms with van der Waals surface area (Å²) in [5.41, 5.74) is 7.56. The first-order valence-corrected chi connectivity index (χ1v) is 15.0. The summed E-state index contributed by atoms with van der Waals surface area (Å²) in [4.78, 5) is 8.73. The van der Waals surface area contributed by atoms with Gasteiger partial charge in [0.1, 0.15) is 0 Å². The second-order valence-corrected chi connectivity index (χ2v) is 12.4. The molecule has 0 aliphatic carbocycles. The van der Waals surface area contributed by atoms with Crippen LogP contribution >= 0.6 is 0 Å². The van der Waals surface area contributed by atoms with Crippen molar-refractivity contribution in [2.75, 3.05) is 0 Å². The minimum atomic E-state index is -2.18. The molecule has 0 fully saturated rings. The number of rotatable bonds is 4. The molecule has 0 amide bonds. The Morgan fingerprint density at radius 2 is 1.43 bits per heavy atom. The van der Waals surface area contributed by atoms with Gasteiger partial charge in [0.25, 0.3) is 0 Å². The molecule has 0 saturated carbocycles. The molecule has 2 nitrogen and oxygen atoms in total. The van der Waals surface area contributed by atoms with Crippen molar-refractivity contribution in [1.29, 1.82) is 0 Å². The Balaban J connectivity index is 0.000000217. The Morgan fingerprint density at radius 1 is 0.674 bits per heavy atom. The first kappa shape index (κ1) is 25.7. The van der Waals surface area contributed by atoms with Gasteiger partial charge in [-0.05, 0) is 74.9 Å². The molecule has 0 bridgehead atoms. The third-order valence-electron chi connectivity index (χ3n) is 7.57. The Kier molecular flexibility index (Phi) is 8.02. The zero-order valence-corrected chi connectivity index (χ0v) is 28.5. The minimum absolute atomic E-state index is 0. The van der Waals surface area contributed by atoms with Crippen LogP contribution in [-0.2, 0) is 26.5 Å². The first-order chi connectivity index (χ1) is 24.2. The van der Waals surface area contributed by atoms with Crippen molar-refractivity contribution in [3.63, 3.8) is 0 Å². The topological polar surface area (TPSA) is 25.8 Å². The van der Waals surface area contributed by atoms with Gasteiger partial charge in [-0.2, -0.15) is 0 Å². The van der Waals surface area contributed by atoms with Crippen LogP contribution < -0.4 is 0 Å². The second-order valence-electron chi connectivity index (χ2n) is 12.4. The van der Waals surface area contributed by atoms with Crippen molar-refractivity contribution in [3.8, 4) is 33.6 Å². The van der Waals surface area contributed by atoms with Gasteiger partial charge in [-0.1, -0.05) is 99.9 Å². The van der Waals surface area contributed by atoms with Gasteiger partial charge in [0.15, 0.2) is 0 Å². The number of pyridine rings is 2. The molecule has 0 atom stereocenters. The molecule has 0 aliphatic rings. The molecule has 7 aromatic rings. The molecule has 0 unspecified atom stereocenters. The van der Waals surface area contributed by atoms with Crippen molar-refractivity contribution in [2.24, 2.45) is 5.41 Å². The molecule has 3 heteroatoms. The third-order valence-corrected chi connectivity index (χ3v) is 7.57. The van der Waals surface area contributed by atoms with E-state index in [0.717, 1.165) is 17.7 Å². The summed E-state index contributed by atoms with van der Waals surface area (Å²) in [5.74, 6) is 0. The monoisotopic (exact) mass is 781 g/mol. The van der Waals surface area contributed by atoms with E-state index in [1.54, 1.807) is 12.1 Å². The van der Waals surface area contributed by atoms with Gasteiger partial charge in [0, 0.05) is 40.7 Å². The van der Waals surface area contributed by atoms with E-state index in [1.807, 2.05) is 12.3 Å².